The maximum atomic E-state index is 11.9. The molecule has 1 aromatic rings. The predicted molar refractivity (Wildman–Crippen MR) is 70.2 cm³/mol. The van der Waals surface area contributed by atoms with Crippen LogP contribution in [0.2, 0.25) is 0 Å². The summed E-state index contributed by atoms with van der Waals surface area (Å²) < 4.78 is 0. The summed E-state index contributed by atoms with van der Waals surface area (Å²) in [6, 6.07) is 3.11. The number of carboxylic acid groups (broad SMARTS) is 1. The van der Waals surface area contributed by atoms with Gasteiger partial charge in [-0.3, -0.25) is 9.59 Å². The van der Waals surface area contributed by atoms with Crippen molar-refractivity contribution >= 4 is 24.4 Å². The van der Waals surface area contributed by atoms with E-state index in [9.17, 15) is 14.7 Å². The van der Waals surface area contributed by atoms with Gasteiger partial charge in [0.1, 0.15) is 11.8 Å². The lowest BCUT2D eigenvalue weighted by Crippen LogP contribution is -2.33. The van der Waals surface area contributed by atoms with Gasteiger partial charge in [-0.2, -0.15) is 12.6 Å². The summed E-state index contributed by atoms with van der Waals surface area (Å²) in [6.07, 6.45) is 0.0250. The molecule has 0 amide bonds. The first kappa shape index (κ1) is 14.5. The van der Waals surface area contributed by atoms with Crippen molar-refractivity contribution in [2.45, 2.75) is 24.6 Å². The van der Waals surface area contributed by atoms with Crippen molar-refractivity contribution in [2.75, 3.05) is 0 Å². The molecule has 2 atom stereocenters. The molecule has 2 unspecified atom stereocenters. The average Bonchev–Trinajstić information content (AvgIpc) is 2.30. The largest absolute Gasteiger partial charge is 0.508 e. The minimum atomic E-state index is -1.14. The van der Waals surface area contributed by atoms with Gasteiger partial charge >= 0.3 is 5.97 Å². The zero-order valence-corrected chi connectivity index (χ0v) is 10.7. The van der Waals surface area contributed by atoms with Gasteiger partial charge in [0.05, 0.1) is 5.25 Å². The Morgan fingerprint density at radius 1 is 1.44 bits per heavy atom. The molecule has 0 aromatic heterocycles. The van der Waals surface area contributed by atoms with E-state index in [1.165, 1.54) is 18.2 Å². The molecule has 0 saturated heterocycles. The van der Waals surface area contributed by atoms with E-state index in [0.717, 1.165) is 0 Å². The number of carbonyl (C=O) groups is 2. The summed E-state index contributed by atoms with van der Waals surface area (Å²) in [4.78, 5) is 22.6. The molecule has 0 spiro atoms. The van der Waals surface area contributed by atoms with Crippen LogP contribution in [0.5, 0.6) is 5.75 Å². The predicted octanol–water partition coefficient (Wildman–Crippen LogP) is 0.848. The fourth-order valence-corrected chi connectivity index (χ4v) is 1.66. The van der Waals surface area contributed by atoms with Gasteiger partial charge in [-0.25, -0.2) is 0 Å². The van der Waals surface area contributed by atoms with Crippen LogP contribution in [0.3, 0.4) is 0 Å². The van der Waals surface area contributed by atoms with E-state index >= 15 is 0 Å². The molecule has 6 heteroatoms. The van der Waals surface area contributed by atoms with Gasteiger partial charge in [-0.15, -0.1) is 0 Å². The highest BCUT2D eigenvalue weighted by Crippen LogP contribution is 2.20. The number of carbonyl (C=O) groups excluding carboxylic acids is 1. The van der Waals surface area contributed by atoms with Gasteiger partial charge in [0.25, 0.3) is 0 Å². The molecule has 0 radical (unpaired) electrons. The van der Waals surface area contributed by atoms with Crippen molar-refractivity contribution in [1.29, 1.82) is 0 Å². The number of hydrogen-bond donors (Lipinski definition) is 4. The Labute approximate surface area is 110 Å². The van der Waals surface area contributed by atoms with Crippen molar-refractivity contribution in [3.63, 3.8) is 0 Å². The van der Waals surface area contributed by atoms with E-state index in [0.29, 0.717) is 5.56 Å². The average molecular weight is 269 g/mol. The number of aromatic hydroxyl groups is 1. The summed E-state index contributed by atoms with van der Waals surface area (Å²) >= 11 is 4.04. The smallest absolute Gasteiger partial charge is 0.320 e. The Morgan fingerprint density at radius 3 is 2.56 bits per heavy atom. The molecule has 1 rings (SSSR count). The molecule has 0 saturated carbocycles. The molecule has 0 bridgehead atoms. The summed E-state index contributed by atoms with van der Waals surface area (Å²) in [5.74, 6) is -1.47. The highest BCUT2D eigenvalue weighted by atomic mass is 32.1. The number of ketones is 1. The van der Waals surface area contributed by atoms with Crippen molar-refractivity contribution in [3.8, 4) is 5.75 Å². The number of nitrogens with two attached hydrogens (primary N) is 1. The fourth-order valence-electron chi connectivity index (χ4n) is 1.52. The van der Waals surface area contributed by atoms with Crippen LogP contribution >= 0.6 is 12.6 Å². The third kappa shape index (κ3) is 3.48. The van der Waals surface area contributed by atoms with E-state index in [-0.39, 0.29) is 23.5 Å². The second-order valence-corrected chi connectivity index (χ2v) is 4.81. The molecular weight excluding hydrogens is 254 g/mol. The molecule has 0 aliphatic rings. The Hall–Kier alpha value is -1.53. The van der Waals surface area contributed by atoms with Crippen LogP contribution in [0, 0.1) is 0 Å². The first-order valence-electron chi connectivity index (χ1n) is 5.35. The summed E-state index contributed by atoms with van der Waals surface area (Å²) in [5.41, 5.74) is 6.19. The maximum Gasteiger partial charge on any atom is 0.320 e. The highest BCUT2D eigenvalue weighted by Gasteiger charge is 2.20. The molecule has 0 fully saturated rings. The number of phenolic OH excluding ortho intramolecular Hbond substituents is 1. The number of Topliss-reactive ketones (excluding diaryl/α,β-unsaturated/α-hetero) is 1. The Morgan fingerprint density at radius 2 is 2.06 bits per heavy atom. The van der Waals surface area contributed by atoms with E-state index in [1.807, 2.05) is 0 Å². The van der Waals surface area contributed by atoms with E-state index in [1.54, 1.807) is 6.92 Å². The number of carboxylic acids is 1. The molecule has 0 aliphatic heterocycles. The van der Waals surface area contributed by atoms with E-state index < -0.39 is 17.3 Å². The molecule has 5 nitrogen and oxygen atoms in total. The third-order valence-corrected chi connectivity index (χ3v) is 2.73. The first-order chi connectivity index (χ1) is 8.32. The first-order valence-corrected chi connectivity index (χ1v) is 5.87. The standard InChI is InChI=1S/C12H15NO4S/c1-6(18)11(15)9-5-8(14)3-2-7(9)4-10(13)12(16)17/h2-3,5-6,10,14,18H,4,13H2,1H3,(H,16,17). The number of rotatable bonds is 5. The van der Waals surface area contributed by atoms with Crippen LogP contribution in [0.1, 0.15) is 22.8 Å². The summed E-state index contributed by atoms with van der Waals surface area (Å²) in [7, 11) is 0. The number of aliphatic carboxylic acids is 1. The zero-order chi connectivity index (χ0) is 13.9. The number of thiol groups is 1. The zero-order valence-electron chi connectivity index (χ0n) is 9.83. The minimum Gasteiger partial charge on any atom is -0.508 e. The van der Waals surface area contributed by atoms with Crippen molar-refractivity contribution < 1.29 is 19.8 Å². The molecule has 98 valence electrons. The van der Waals surface area contributed by atoms with Crippen LogP contribution in [0.4, 0.5) is 0 Å². The molecule has 1 aromatic carbocycles. The molecule has 18 heavy (non-hydrogen) atoms. The second-order valence-electron chi connectivity index (χ2n) is 4.03. The lowest BCUT2D eigenvalue weighted by Gasteiger charge is -2.13. The van der Waals surface area contributed by atoms with Gasteiger partial charge in [0.2, 0.25) is 0 Å². The summed E-state index contributed by atoms with van der Waals surface area (Å²) in [5, 5.41) is 17.6. The van der Waals surface area contributed by atoms with Gasteiger partial charge in [0, 0.05) is 5.56 Å². The van der Waals surface area contributed by atoms with Crippen LogP contribution in [0.25, 0.3) is 0 Å². The number of benzene rings is 1. The minimum absolute atomic E-state index is 0.0250. The summed E-state index contributed by atoms with van der Waals surface area (Å²) in [6.45, 7) is 1.61. The lowest BCUT2D eigenvalue weighted by molar-refractivity contribution is -0.138. The number of phenols is 1. The normalized spacial score (nSPS) is 13.9. The van der Waals surface area contributed by atoms with Crippen molar-refractivity contribution in [2.24, 2.45) is 5.73 Å². The van der Waals surface area contributed by atoms with Crippen LogP contribution in [-0.2, 0) is 11.2 Å². The van der Waals surface area contributed by atoms with E-state index in [4.69, 9.17) is 10.8 Å². The van der Waals surface area contributed by atoms with Crippen molar-refractivity contribution in [1.82, 2.24) is 0 Å². The Kier molecular flexibility index (Phi) is 4.75. The van der Waals surface area contributed by atoms with Crippen LogP contribution in [0.15, 0.2) is 18.2 Å². The molecule has 0 aliphatic carbocycles. The van der Waals surface area contributed by atoms with Crippen LogP contribution < -0.4 is 5.73 Å². The lowest BCUT2D eigenvalue weighted by atomic mass is 9.96. The van der Waals surface area contributed by atoms with Crippen LogP contribution in [-0.4, -0.2) is 33.3 Å². The molecular formula is C12H15NO4S. The fraction of sp³-hybridized carbons (Fsp3) is 0.333. The topological polar surface area (TPSA) is 101 Å². The molecule has 0 heterocycles. The molecule has 4 N–H and O–H groups in total. The quantitative estimate of drug-likeness (QED) is 0.469. The SMILES string of the molecule is CC(S)C(=O)c1cc(O)ccc1CC(N)C(=O)O. The van der Waals surface area contributed by atoms with Crippen molar-refractivity contribution in [3.05, 3.63) is 29.3 Å². The highest BCUT2D eigenvalue weighted by molar-refractivity contribution is 7.81. The van der Waals surface area contributed by atoms with Gasteiger partial charge < -0.3 is 15.9 Å². The third-order valence-electron chi connectivity index (χ3n) is 2.50. The second kappa shape index (κ2) is 5.88. The Balaban J connectivity index is 3.11. The number of hydrogen-bond acceptors (Lipinski definition) is 5. The maximum absolute atomic E-state index is 11.9. The monoisotopic (exact) mass is 269 g/mol. The Bertz CT molecular complexity index is 473. The van der Waals surface area contributed by atoms with Gasteiger partial charge in [0.15, 0.2) is 5.78 Å². The van der Waals surface area contributed by atoms with Gasteiger partial charge in [-0.05, 0) is 31.0 Å². The van der Waals surface area contributed by atoms with E-state index in [2.05, 4.69) is 12.6 Å². The van der Waals surface area contributed by atoms with Gasteiger partial charge in [-0.1, -0.05) is 6.07 Å².